The van der Waals surface area contributed by atoms with Crippen LogP contribution in [0.1, 0.15) is 5.56 Å². The minimum Gasteiger partial charge on any atom is -0.493 e. The van der Waals surface area contributed by atoms with Gasteiger partial charge >= 0.3 is 0 Å². The van der Waals surface area contributed by atoms with Crippen LogP contribution in [0.2, 0.25) is 0 Å². The fraction of sp³-hybridized carbons (Fsp3) is 0.350. The lowest BCUT2D eigenvalue weighted by atomic mass is 10.2. The van der Waals surface area contributed by atoms with Crippen LogP contribution < -0.4 is 24.8 Å². The van der Waals surface area contributed by atoms with Crippen molar-refractivity contribution in [3.05, 3.63) is 48.0 Å². The van der Waals surface area contributed by atoms with Gasteiger partial charge in [-0.25, -0.2) is 8.42 Å². The Hall–Kier alpha value is -2.94. The van der Waals surface area contributed by atoms with Gasteiger partial charge in [0, 0.05) is 20.1 Å². The van der Waals surface area contributed by atoms with Crippen molar-refractivity contribution < 1.29 is 22.6 Å². The Labute approximate surface area is 171 Å². The van der Waals surface area contributed by atoms with E-state index < -0.39 is 9.84 Å². The molecule has 2 aromatic carbocycles. The van der Waals surface area contributed by atoms with Gasteiger partial charge in [0.15, 0.2) is 27.3 Å². The number of nitrogens with zero attached hydrogens (tertiary/aromatic N) is 1. The molecule has 0 atom stereocenters. The Balaban J connectivity index is 1.96. The van der Waals surface area contributed by atoms with Crippen molar-refractivity contribution in [3.8, 4) is 17.2 Å². The van der Waals surface area contributed by atoms with Gasteiger partial charge < -0.3 is 24.8 Å². The number of hydrogen-bond acceptors (Lipinski definition) is 6. The second kappa shape index (κ2) is 10.6. The summed E-state index contributed by atoms with van der Waals surface area (Å²) in [7, 11) is 2.94. The largest absolute Gasteiger partial charge is 0.493 e. The molecule has 0 heterocycles. The molecule has 0 unspecified atom stereocenters. The third-order valence-corrected chi connectivity index (χ3v) is 5.91. The number of aliphatic imine (C=N–C) groups is 1. The molecule has 29 heavy (non-hydrogen) atoms. The number of rotatable bonds is 9. The maximum atomic E-state index is 12.3. The Kier molecular flexibility index (Phi) is 8.14. The van der Waals surface area contributed by atoms with E-state index in [1.165, 1.54) is 0 Å². The molecule has 158 valence electrons. The van der Waals surface area contributed by atoms with Gasteiger partial charge in [0.1, 0.15) is 0 Å². The van der Waals surface area contributed by atoms with Gasteiger partial charge in [0.25, 0.3) is 0 Å². The fourth-order valence-electron chi connectivity index (χ4n) is 2.69. The van der Waals surface area contributed by atoms with E-state index in [4.69, 9.17) is 14.2 Å². The van der Waals surface area contributed by atoms with Crippen molar-refractivity contribution in [1.29, 1.82) is 0 Å². The second-order valence-corrected chi connectivity index (χ2v) is 8.13. The molecule has 0 aliphatic heterocycles. The molecule has 2 N–H and O–H groups in total. The zero-order valence-corrected chi connectivity index (χ0v) is 17.9. The molecule has 0 radical (unpaired) electrons. The third kappa shape index (κ3) is 6.02. The highest BCUT2D eigenvalue weighted by Gasteiger charge is 2.15. The van der Waals surface area contributed by atoms with E-state index in [2.05, 4.69) is 15.6 Å². The topological polar surface area (TPSA) is 98.3 Å². The van der Waals surface area contributed by atoms with Crippen molar-refractivity contribution in [2.75, 3.05) is 40.7 Å². The first-order chi connectivity index (χ1) is 13.9. The summed E-state index contributed by atoms with van der Waals surface area (Å²) < 4.78 is 40.7. The van der Waals surface area contributed by atoms with Crippen molar-refractivity contribution in [1.82, 2.24) is 10.6 Å². The summed E-state index contributed by atoms with van der Waals surface area (Å²) in [4.78, 5) is 4.43. The van der Waals surface area contributed by atoms with E-state index >= 15 is 0 Å². The first-order valence-corrected chi connectivity index (χ1v) is 10.6. The molecule has 2 aromatic rings. The third-order valence-electron chi connectivity index (χ3n) is 4.17. The maximum absolute atomic E-state index is 12.3. The summed E-state index contributed by atoms with van der Waals surface area (Å²) in [6.07, 6.45) is 0. The number of ether oxygens (including phenoxy) is 3. The summed E-state index contributed by atoms with van der Waals surface area (Å²) in [5.74, 6) is 2.08. The molecule has 0 saturated heterocycles. The van der Waals surface area contributed by atoms with Gasteiger partial charge in [-0.05, 0) is 29.8 Å². The number of hydrogen-bond donors (Lipinski definition) is 2. The Morgan fingerprint density at radius 2 is 1.59 bits per heavy atom. The average molecular weight is 422 g/mol. The van der Waals surface area contributed by atoms with Crippen LogP contribution in [0.5, 0.6) is 17.2 Å². The molecular formula is C20H27N3O5S. The first-order valence-electron chi connectivity index (χ1n) is 8.96. The molecule has 0 fully saturated rings. The summed E-state index contributed by atoms with van der Waals surface area (Å²) in [6, 6.07) is 12.0. The van der Waals surface area contributed by atoms with E-state index in [1.54, 1.807) is 58.7 Å². The van der Waals surface area contributed by atoms with Crippen LogP contribution in [0.3, 0.4) is 0 Å². The first kappa shape index (κ1) is 22.4. The van der Waals surface area contributed by atoms with E-state index in [9.17, 15) is 8.42 Å². The van der Waals surface area contributed by atoms with Gasteiger partial charge in [-0.3, -0.25) is 4.99 Å². The molecule has 8 nitrogen and oxygen atoms in total. The smallest absolute Gasteiger partial charge is 0.203 e. The predicted molar refractivity (Wildman–Crippen MR) is 113 cm³/mol. The minimum atomic E-state index is -3.35. The van der Waals surface area contributed by atoms with E-state index in [0.717, 1.165) is 5.56 Å². The number of benzene rings is 2. The predicted octanol–water partition coefficient (Wildman–Crippen LogP) is 1.85. The van der Waals surface area contributed by atoms with Crippen LogP contribution in [0, 0.1) is 0 Å². The molecule has 0 saturated carbocycles. The molecule has 0 aromatic heterocycles. The Bertz CT molecular complexity index is 905. The number of nitrogens with one attached hydrogen (secondary N) is 2. The van der Waals surface area contributed by atoms with Gasteiger partial charge in [-0.15, -0.1) is 0 Å². The van der Waals surface area contributed by atoms with Gasteiger partial charge in [-0.2, -0.15) is 0 Å². The van der Waals surface area contributed by atoms with Gasteiger partial charge in [0.2, 0.25) is 5.75 Å². The number of sulfone groups is 1. The van der Waals surface area contributed by atoms with Gasteiger partial charge in [-0.1, -0.05) is 18.2 Å². The van der Waals surface area contributed by atoms with Crippen LogP contribution >= 0.6 is 0 Å². The normalized spacial score (nSPS) is 11.7. The van der Waals surface area contributed by atoms with Crippen molar-refractivity contribution >= 4 is 15.8 Å². The monoisotopic (exact) mass is 421 g/mol. The zero-order chi connectivity index (χ0) is 21.3. The molecule has 9 heteroatoms. The highest BCUT2D eigenvalue weighted by molar-refractivity contribution is 7.91. The summed E-state index contributed by atoms with van der Waals surface area (Å²) in [5, 5.41) is 6.16. The summed E-state index contributed by atoms with van der Waals surface area (Å²) in [5.41, 5.74) is 0.888. The molecular weight excluding hydrogens is 394 g/mol. The van der Waals surface area contributed by atoms with E-state index in [1.807, 2.05) is 12.1 Å². The van der Waals surface area contributed by atoms with Crippen LogP contribution in [-0.4, -0.2) is 55.1 Å². The van der Waals surface area contributed by atoms with Crippen LogP contribution in [0.15, 0.2) is 52.4 Å². The lowest BCUT2D eigenvalue weighted by molar-refractivity contribution is 0.323. The average Bonchev–Trinajstić information content (AvgIpc) is 2.75. The van der Waals surface area contributed by atoms with Crippen molar-refractivity contribution in [3.63, 3.8) is 0 Å². The standard InChI is InChI=1S/C20H27N3O5S/c1-21-20(22-10-11-29(24,25)16-8-6-5-7-9-16)23-14-15-12-17(26-2)19(28-4)18(13-15)27-3/h5-9,12-13H,10-11,14H2,1-4H3,(H2,21,22,23). The SMILES string of the molecule is CN=C(NCCS(=O)(=O)c1ccccc1)NCc1cc(OC)c(OC)c(OC)c1. The second-order valence-electron chi connectivity index (χ2n) is 6.02. The quantitative estimate of drug-likeness (QED) is 0.471. The summed E-state index contributed by atoms with van der Waals surface area (Å²) >= 11 is 0. The number of guanidine groups is 1. The van der Waals surface area contributed by atoms with Crippen LogP contribution in [0.4, 0.5) is 0 Å². The molecule has 0 amide bonds. The summed E-state index contributed by atoms with van der Waals surface area (Å²) in [6.45, 7) is 0.661. The Morgan fingerprint density at radius 1 is 0.966 bits per heavy atom. The Morgan fingerprint density at radius 3 is 2.10 bits per heavy atom. The van der Waals surface area contributed by atoms with Gasteiger partial charge in [0.05, 0.1) is 32.0 Å². The molecule has 0 aliphatic rings. The molecule has 0 aliphatic carbocycles. The molecule has 2 rings (SSSR count). The van der Waals surface area contributed by atoms with E-state index in [-0.39, 0.29) is 12.3 Å². The van der Waals surface area contributed by atoms with Crippen LogP contribution in [0.25, 0.3) is 0 Å². The molecule has 0 bridgehead atoms. The van der Waals surface area contributed by atoms with Crippen molar-refractivity contribution in [2.24, 2.45) is 4.99 Å². The maximum Gasteiger partial charge on any atom is 0.203 e. The minimum absolute atomic E-state index is 0.0398. The molecule has 0 spiro atoms. The highest BCUT2D eigenvalue weighted by atomic mass is 32.2. The van der Waals surface area contributed by atoms with E-state index in [0.29, 0.717) is 34.6 Å². The lowest BCUT2D eigenvalue weighted by Gasteiger charge is -2.16. The fourth-order valence-corrected chi connectivity index (χ4v) is 3.87. The van der Waals surface area contributed by atoms with Crippen molar-refractivity contribution in [2.45, 2.75) is 11.4 Å². The number of methoxy groups -OCH3 is 3. The zero-order valence-electron chi connectivity index (χ0n) is 17.1. The highest BCUT2D eigenvalue weighted by Crippen LogP contribution is 2.38. The van der Waals surface area contributed by atoms with Crippen LogP contribution in [-0.2, 0) is 16.4 Å². The lowest BCUT2D eigenvalue weighted by Crippen LogP contribution is -2.39.